The Labute approximate surface area is 149 Å². The quantitative estimate of drug-likeness (QED) is 0.480. The number of ether oxygens (including phenoxy) is 1. The number of benzene rings is 2. The topological polar surface area (TPSA) is 113 Å². The summed E-state index contributed by atoms with van der Waals surface area (Å²) in [5.41, 5.74) is 0.264. The van der Waals surface area contributed by atoms with Crippen LogP contribution in [0.3, 0.4) is 0 Å². The van der Waals surface area contributed by atoms with Crippen molar-refractivity contribution in [1.82, 2.24) is 0 Å². The molecule has 1 aliphatic rings. The van der Waals surface area contributed by atoms with E-state index in [9.17, 15) is 13.0 Å². The highest BCUT2D eigenvalue weighted by atomic mass is 32.2. The molecule has 2 aromatic carbocycles. The van der Waals surface area contributed by atoms with Crippen molar-refractivity contribution in [2.45, 2.75) is 10.1 Å². The van der Waals surface area contributed by atoms with Gasteiger partial charge in [-0.05, 0) is 48.5 Å². The van der Waals surface area contributed by atoms with Crippen LogP contribution in [0.25, 0.3) is 0 Å². The lowest BCUT2D eigenvalue weighted by molar-refractivity contribution is 0.380. The summed E-state index contributed by atoms with van der Waals surface area (Å²) < 4.78 is 40.8. The molecule has 0 saturated carbocycles. The van der Waals surface area contributed by atoms with E-state index < -0.39 is 17.6 Å². The summed E-state index contributed by atoms with van der Waals surface area (Å²) in [6.45, 7) is 0. The average Bonchev–Trinajstić information content (AvgIpc) is 3.32. The van der Waals surface area contributed by atoms with Gasteiger partial charge in [0.1, 0.15) is 11.5 Å². The first kappa shape index (κ1) is 18.3. The summed E-state index contributed by atoms with van der Waals surface area (Å²) in [6, 6.07) is 12.2. The van der Waals surface area contributed by atoms with Crippen LogP contribution in [0, 0.1) is 0 Å². The van der Waals surface area contributed by atoms with E-state index >= 15 is 0 Å². The Kier molecular flexibility index (Phi) is 5.13. The lowest BCUT2D eigenvalue weighted by atomic mass is 10.3. The minimum atomic E-state index is -4.35. The lowest BCUT2D eigenvalue weighted by Gasteiger charge is -2.10. The first-order valence-electron chi connectivity index (χ1n) is 7.27. The zero-order chi connectivity index (χ0) is 18.1. The SMILES string of the molecule is O=P(O)(O)Nc1ccc(Oc2ccc(S(=O)(=O)CC3CS3)cc2)cc1. The van der Waals surface area contributed by atoms with E-state index in [1.54, 1.807) is 36.0 Å². The fourth-order valence-electron chi connectivity index (χ4n) is 2.12. The molecule has 10 heteroatoms. The van der Waals surface area contributed by atoms with Crippen molar-refractivity contribution in [1.29, 1.82) is 0 Å². The number of anilines is 1. The standard InChI is InChI=1S/C15H16NO6PS2/c17-23(18,19)16-11-1-3-12(4-2-11)22-13-5-7-15(8-6-13)25(20,21)10-14-9-24-14/h1-8,14H,9-10H2,(H3,16,17,18,19). The van der Waals surface area contributed by atoms with Gasteiger partial charge < -0.3 is 14.5 Å². The number of thioether (sulfide) groups is 1. The first-order valence-corrected chi connectivity index (χ1v) is 11.6. The van der Waals surface area contributed by atoms with Gasteiger partial charge in [0.15, 0.2) is 9.84 Å². The van der Waals surface area contributed by atoms with Gasteiger partial charge in [0.05, 0.1) is 10.6 Å². The molecule has 0 amide bonds. The number of sulfone groups is 1. The van der Waals surface area contributed by atoms with E-state index in [0.717, 1.165) is 5.75 Å². The summed E-state index contributed by atoms with van der Waals surface area (Å²) in [4.78, 5) is 18.0. The minimum absolute atomic E-state index is 0.159. The second kappa shape index (κ2) is 7.01. The van der Waals surface area contributed by atoms with Crippen LogP contribution in [0.2, 0.25) is 0 Å². The van der Waals surface area contributed by atoms with Crippen molar-refractivity contribution >= 4 is 35.0 Å². The van der Waals surface area contributed by atoms with Gasteiger partial charge in [0.25, 0.3) is 0 Å². The van der Waals surface area contributed by atoms with Gasteiger partial charge in [-0.15, -0.1) is 0 Å². The fraction of sp³-hybridized carbons (Fsp3) is 0.200. The monoisotopic (exact) mass is 401 g/mol. The van der Waals surface area contributed by atoms with Crippen LogP contribution in [-0.4, -0.2) is 35.0 Å². The largest absolute Gasteiger partial charge is 0.457 e. The molecule has 7 nitrogen and oxygen atoms in total. The smallest absolute Gasteiger partial charge is 0.427 e. The van der Waals surface area contributed by atoms with Crippen molar-refractivity contribution in [3.63, 3.8) is 0 Å². The lowest BCUT2D eigenvalue weighted by Crippen LogP contribution is -2.10. The summed E-state index contributed by atoms with van der Waals surface area (Å²) in [5, 5.41) is 2.27. The van der Waals surface area contributed by atoms with Crippen LogP contribution in [-0.2, 0) is 14.4 Å². The highest BCUT2D eigenvalue weighted by Crippen LogP contribution is 2.36. The minimum Gasteiger partial charge on any atom is -0.457 e. The zero-order valence-electron chi connectivity index (χ0n) is 12.9. The Balaban J connectivity index is 1.66. The Bertz CT molecular complexity index is 889. The van der Waals surface area contributed by atoms with Gasteiger partial charge in [-0.2, -0.15) is 11.8 Å². The van der Waals surface area contributed by atoms with Crippen LogP contribution >= 0.6 is 19.5 Å². The maximum absolute atomic E-state index is 12.2. The van der Waals surface area contributed by atoms with Crippen molar-refractivity contribution in [3.05, 3.63) is 48.5 Å². The molecule has 1 heterocycles. The maximum Gasteiger partial charge on any atom is 0.427 e. The molecule has 1 aliphatic heterocycles. The third kappa shape index (κ3) is 5.49. The van der Waals surface area contributed by atoms with Gasteiger partial charge in [0.2, 0.25) is 0 Å². The van der Waals surface area contributed by atoms with E-state index in [1.807, 2.05) is 0 Å². The third-order valence-corrected chi connectivity index (χ3v) is 6.92. The Morgan fingerprint density at radius 2 is 1.60 bits per heavy atom. The molecular weight excluding hydrogens is 385 g/mol. The van der Waals surface area contributed by atoms with E-state index in [2.05, 4.69) is 5.09 Å². The van der Waals surface area contributed by atoms with Crippen molar-refractivity contribution in [2.24, 2.45) is 0 Å². The summed E-state index contributed by atoms with van der Waals surface area (Å²) in [7, 11) is -7.61. The molecule has 3 N–H and O–H groups in total. The zero-order valence-corrected chi connectivity index (χ0v) is 15.4. The average molecular weight is 401 g/mol. The van der Waals surface area contributed by atoms with E-state index in [0.29, 0.717) is 11.5 Å². The molecule has 0 aliphatic carbocycles. The molecule has 2 aromatic rings. The van der Waals surface area contributed by atoms with Gasteiger partial charge in [-0.25, -0.2) is 13.0 Å². The van der Waals surface area contributed by atoms with Crippen molar-refractivity contribution in [3.8, 4) is 11.5 Å². The van der Waals surface area contributed by atoms with E-state index in [1.165, 1.54) is 24.3 Å². The molecule has 3 rings (SSSR count). The Hall–Kier alpha value is -1.51. The van der Waals surface area contributed by atoms with Gasteiger partial charge in [0, 0.05) is 16.7 Å². The molecule has 0 aromatic heterocycles. The first-order chi connectivity index (χ1) is 11.7. The molecule has 0 bridgehead atoms. The number of rotatable bonds is 7. The molecule has 1 saturated heterocycles. The molecule has 25 heavy (non-hydrogen) atoms. The van der Waals surface area contributed by atoms with Crippen LogP contribution in [0.1, 0.15) is 0 Å². The highest BCUT2D eigenvalue weighted by molar-refractivity contribution is 8.08. The number of nitrogens with one attached hydrogen (secondary N) is 1. The van der Waals surface area contributed by atoms with Crippen LogP contribution < -0.4 is 9.82 Å². The fourth-order valence-corrected chi connectivity index (χ4v) is 5.28. The van der Waals surface area contributed by atoms with Crippen LogP contribution in [0.5, 0.6) is 11.5 Å². The van der Waals surface area contributed by atoms with E-state index in [-0.39, 0.29) is 21.6 Å². The highest BCUT2D eigenvalue weighted by Gasteiger charge is 2.29. The Morgan fingerprint density at radius 3 is 2.08 bits per heavy atom. The van der Waals surface area contributed by atoms with Gasteiger partial charge >= 0.3 is 7.75 Å². The summed E-state index contributed by atoms with van der Waals surface area (Å²) in [6.07, 6.45) is 0. The third-order valence-electron chi connectivity index (χ3n) is 3.36. The van der Waals surface area contributed by atoms with Crippen molar-refractivity contribution in [2.75, 3.05) is 16.6 Å². The molecule has 0 spiro atoms. The maximum atomic E-state index is 12.2. The second-order valence-corrected chi connectivity index (χ2v) is 10.2. The Morgan fingerprint density at radius 1 is 1.08 bits per heavy atom. The molecule has 1 atom stereocenters. The predicted molar refractivity (Wildman–Crippen MR) is 96.9 cm³/mol. The van der Waals surface area contributed by atoms with Gasteiger partial charge in [-0.1, -0.05) is 0 Å². The van der Waals surface area contributed by atoms with E-state index in [4.69, 9.17) is 14.5 Å². The molecule has 1 unspecified atom stereocenters. The molecule has 134 valence electrons. The van der Waals surface area contributed by atoms with Crippen LogP contribution in [0.4, 0.5) is 5.69 Å². The number of hydrogen-bond acceptors (Lipinski definition) is 5. The second-order valence-electron chi connectivity index (χ2n) is 5.49. The molecule has 0 radical (unpaired) electrons. The van der Waals surface area contributed by atoms with Crippen molar-refractivity contribution < 1.29 is 27.5 Å². The molecular formula is C15H16NO6PS2. The predicted octanol–water partition coefficient (Wildman–Crippen LogP) is 2.87. The van der Waals surface area contributed by atoms with Gasteiger partial charge in [-0.3, -0.25) is 5.09 Å². The van der Waals surface area contributed by atoms with Crippen LogP contribution in [0.15, 0.2) is 53.4 Å². The summed E-state index contributed by atoms with van der Waals surface area (Å²) >= 11 is 1.64. The normalized spacial score (nSPS) is 17.1. The number of hydrogen-bond donors (Lipinski definition) is 3. The summed E-state index contributed by atoms with van der Waals surface area (Å²) in [5.74, 6) is 1.98. The molecule has 1 fully saturated rings.